The van der Waals surface area contributed by atoms with E-state index >= 15 is 0 Å². The van der Waals surface area contributed by atoms with Gasteiger partial charge in [0.05, 0.1) is 25.7 Å². The molecule has 2 saturated heterocycles. The molecule has 9 heteroatoms. The molecule has 0 aromatic heterocycles. The second-order valence-corrected chi connectivity index (χ2v) is 8.66. The van der Waals surface area contributed by atoms with E-state index in [1.54, 1.807) is 4.90 Å². The van der Waals surface area contributed by atoms with Crippen LogP contribution in [0.1, 0.15) is 26.7 Å². The highest BCUT2D eigenvalue weighted by Gasteiger charge is 2.62. The number of carbonyl (C=O) groups excluding carboxylic acids is 4. The zero-order valence-corrected chi connectivity index (χ0v) is 17.3. The van der Waals surface area contributed by atoms with Gasteiger partial charge >= 0.3 is 6.09 Å². The summed E-state index contributed by atoms with van der Waals surface area (Å²) in [5, 5.41) is 5.26. The predicted molar refractivity (Wildman–Crippen MR) is 107 cm³/mol. The van der Waals surface area contributed by atoms with Crippen LogP contribution in [0.5, 0.6) is 0 Å². The smallest absolute Gasteiger partial charge is 0.410 e. The summed E-state index contributed by atoms with van der Waals surface area (Å²) in [6.07, 6.45) is 7.42. The average molecular weight is 416 g/mol. The summed E-state index contributed by atoms with van der Waals surface area (Å²) >= 11 is 0. The van der Waals surface area contributed by atoms with Crippen molar-refractivity contribution in [1.29, 1.82) is 0 Å². The summed E-state index contributed by atoms with van der Waals surface area (Å²) in [4.78, 5) is 50.2. The maximum absolute atomic E-state index is 12.3. The molecule has 2 heterocycles. The van der Waals surface area contributed by atoms with Crippen LogP contribution < -0.4 is 10.6 Å². The normalized spacial score (nSPS) is 31.7. The number of allylic oxidation sites excluding steroid dienone is 1. The molecule has 2 aliphatic carbocycles. The Kier molecular flexibility index (Phi) is 5.29. The number of fused-ring (bicyclic) bond motifs is 1. The van der Waals surface area contributed by atoms with Crippen molar-refractivity contribution in [2.75, 3.05) is 32.7 Å². The summed E-state index contributed by atoms with van der Waals surface area (Å²) < 4.78 is 5.36. The van der Waals surface area contributed by atoms with Crippen LogP contribution in [0.3, 0.4) is 0 Å². The molecule has 0 bridgehead atoms. The Morgan fingerprint density at radius 2 is 1.97 bits per heavy atom. The lowest BCUT2D eigenvalue weighted by Gasteiger charge is -2.27. The molecular formula is C21H28N4O5. The Balaban J connectivity index is 1.31. The fraction of sp³-hybridized carbons (Fsp3) is 0.619. The lowest BCUT2D eigenvalue weighted by atomic mass is 9.88. The lowest BCUT2D eigenvalue weighted by molar-refractivity contribution is -0.132. The predicted octanol–water partition coefficient (Wildman–Crippen LogP) is 0.183. The molecule has 0 spiro atoms. The van der Waals surface area contributed by atoms with Gasteiger partial charge < -0.3 is 20.3 Å². The van der Waals surface area contributed by atoms with Crippen LogP contribution in [0.25, 0.3) is 0 Å². The minimum absolute atomic E-state index is 0.0206. The highest BCUT2D eigenvalue weighted by atomic mass is 16.6. The summed E-state index contributed by atoms with van der Waals surface area (Å²) in [5.41, 5.74) is 1.26. The second kappa shape index (κ2) is 7.77. The molecule has 4 atom stereocenters. The van der Waals surface area contributed by atoms with Crippen molar-refractivity contribution < 1.29 is 23.9 Å². The van der Waals surface area contributed by atoms with Crippen molar-refractivity contribution in [2.24, 2.45) is 11.3 Å². The van der Waals surface area contributed by atoms with E-state index in [9.17, 15) is 19.2 Å². The van der Waals surface area contributed by atoms with Gasteiger partial charge in [0.25, 0.3) is 0 Å². The van der Waals surface area contributed by atoms with Crippen molar-refractivity contribution in [3.8, 4) is 0 Å². The zero-order valence-electron chi connectivity index (χ0n) is 17.3. The Bertz CT molecular complexity index is 837. The van der Waals surface area contributed by atoms with E-state index in [2.05, 4.69) is 22.8 Å². The van der Waals surface area contributed by atoms with Crippen LogP contribution in [-0.4, -0.2) is 78.5 Å². The van der Waals surface area contributed by atoms with Gasteiger partial charge in [-0.2, -0.15) is 0 Å². The third-order valence-corrected chi connectivity index (χ3v) is 6.52. The van der Waals surface area contributed by atoms with Crippen molar-refractivity contribution in [1.82, 2.24) is 20.4 Å². The number of rotatable bonds is 6. The van der Waals surface area contributed by atoms with Crippen LogP contribution in [-0.2, 0) is 19.1 Å². The molecule has 4 rings (SSSR count). The number of carbonyl (C=O) groups is 4. The van der Waals surface area contributed by atoms with Gasteiger partial charge in [-0.1, -0.05) is 18.2 Å². The summed E-state index contributed by atoms with van der Waals surface area (Å²) in [6.45, 7) is 5.08. The lowest BCUT2D eigenvalue weighted by Crippen LogP contribution is -2.40. The third kappa shape index (κ3) is 3.93. The Hall–Kier alpha value is -2.84. The number of nitrogens with zero attached hydrogens (tertiary/aromatic N) is 2. The first-order valence-electron chi connectivity index (χ1n) is 10.4. The number of ether oxygens (including phenoxy) is 1. The van der Waals surface area contributed by atoms with Crippen LogP contribution >= 0.6 is 0 Å². The standard InChI is InChI=1S/C21H28N4O5/c1-13(26)22-8-18-11-25(20(29)30-18)17-5-3-15(4-6-17)21-7-16(21)10-24(12-21)19(28)9-23-14(2)27/h3-5,16-18H,6-12H2,1-2H3,(H,22,26)(H,23,27)/t16?,17?,18-,21?/m0/s1. The number of hydrogen-bond acceptors (Lipinski definition) is 5. The zero-order chi connectivity index (χ0) is 21.5. The van der Waals surface area contributed by atoms with Crippen molar-refractivity contribution in [3.05, 3.63) is 23.8 Å². The minimum Gasteiger partial charge on any atom is -0.442 e. The first-order valence-corrected chi connectivity index (χ1v) is 10.4. The van der Waals surface area contributed by atoms with E-state index in [1.807, 2.05) is 11.0 Å². The highest BCUT2D eigenvalue weighted by molar-refractivity contribution is 5.84. The fourth-order valence-corrected chi connectivity index (χ4v) is 4.82. The number of likely N-dealkylation sites (tertiary alicyclic amines) is 1. The van der Waals surface area contributed by atoms with E-state index in [1.165, 1.54) is 19.4 Å². The summed E-state index contributed by atoms with van der Waals surface area (Å²) in [5.74, 6) is 0.0743. The SMILES string of the molecule is CC(=O)NCC(=O)N1CC2CC2(C2=CCC(N3C[C@H](CNC(C)=O)OC3=O)C=C2)C1. The molecule has 2 aliphatic heterocycles. The van der Waals surface area contributed by atoms with E-state index in [0.717, 1.165) is 13.0 Å². The van der Waals surface area contributed by atoms with Crippen molar-refractivity contribution in [3.63, 3.8) is 0 Å². The monoisotopic (exact) mass is 416 g/mol. The van der Waals surface area contributed by atoms with Crippen molar-refractivity contribution >= 4 is 23.8 Å². The minimum atomic E-state index is -0.352. The quantitative estimate of drug-likeness (QED) is 0.642. The van der Waals surface area contributed by atoms with Gasteiger partial charge in [-0.3, -0.25) is 19.3 Å². The topological polar surface area (TPSA) is 108 Å². The van der Waals surface area contributed by atoms with Gasteiger partial charge in [-0.05, 0) is 24.3 Å². The van der Waals surface area contributed by atoms with Gasteiger partial charge in [0.2, 0.25) is 17.7 Å². The number of piperidine rings is 1. The number of cyclic esters (lactones) is 1. The van der Waals surface area contributed by atoms with E-state index in [-0.39, 0.29) is 47.9 Å². The number of amides is 4. The first kappa shape index (κ1) is 20.4. The van der Waals surface area contributed by atoms with Gasteiger partial charge in [0, 0.05) is 32.4 Å². The molecule has 162 valence electrons. The first-order chi connectivity index (χ1) is 14.3. The average Bonchev–Trinajstić information content (AvgIpc) is 3.07. The summed E-state index contributed by atoms with van der Waals surface area (Å²) in [7, 11) is 0. The Morgan fingerprint density at radius 1 is 1.20 bits per heavy atom. The molecular weight excluding hydrogens is 388 g/mol. The maximum atomic E-state index is 12.3. The van der Waals surface area contributed by atoms with Crippen molar-refractivity contribution in [2.45, 2.75) is 38.8 Å². The third-order valence-electron chi connectivity index (χ3n) is 6.52. The van der Waals surface area contributed by atoms with Gasteiger partial charge in [-0.15, -0.1) is 0 Å². The molecule has 2 N–H and O–H groups in total. The second-order valence-electron chi connectivity index (χ2n) is 8.66. The molecule has 30 heavy (non-hydrogen) atoms. The molecule has 4 aliphatic rings. The largest absolute Gasteiger partial charge is 0.442 e. The van der Waals surface area contributed by atoms with Crippen LogP contribution in [0.15, 0.2) is 23.8 Å². The van der Waals surface area contributed by atoms with Gasteiger partial charge in [0.1, 0.15) is 6.10 Å². The molecule has 1 saturated carbocycles. The molecule has 4 amide bonds. The van der Waals surface area contributed by atoms with E-state index < -0.39 is 0 Å². The summed E-state index contributed by atoms with van der Waals surface area (Å²) in [6, 6.07) is -0.0592. The molecule has 9 nitrogen and oxygen atoms in total. The highest BCUT2D eigenvalue weighted by Crippen LogP contribution is 2.63. The Morgan fingerprint density at radius 3 is 2.63 bits per heavy atom. The number of hydrogen-bond donors (Lipinski definition) is 2. The molecule has 0 aromatic carbocycles. The van der Waals surface area contributed by atoms with E-state index in [4.69, 9.17) is 4.74 Å². The van der Waals surface area contributed by atoms with Gasteiger partial charge in [0.15, 0.2) is 0 Å². The van der Waals surface area contributed by atoms with E-state index in [0.29, 0.717) is 32.0 Å². The van der Waals surface area contributed by atoms with Gasteiger partial charge in [-0.25, -0.2) is 4.79 Å². The Labute approximate surface area is 175 Å². The van der Waals surface area contributed by atoms with Crippen LogP contribution in [0, 0.1) is 11.3 Å². The fourth-order valence-electron chi connectivity index (χ4n) is 4.82. The number of nitrogens with one attached hydrogen (secondary N) is 2. The maximum Gasteiger partial charge on any atom is 0.410 e. The molecule has 0 aromatic rings. The van der Waals surface area contributed by atoms with Crippen LogP contribution in [0.4, 0.5) is 4.79 Å². The molecule has 3 fully saturated rings. The van der Waals surface area contributed by atoms with Crippen LogP contribution in [0.2, 0.25) is 0 Å². The molecule has 0 radical (unpaired) electrons. The molecule has 3 unspecified atom stereocenters.